The molecular formula is C30H45N5O10. The fourth-order valence-corrected chi connectivity index (χ4v) is 4.33. The van der Waals surface area contributed by atoms with Gasteiger partial charge in [0.05, 0.1) is 6.04 Å². The third-order valence-corrected chi connectivity index (χ3v) is 6.77. The van der Waals surface area contributed by atoms with Crippen LogP contribution in [0, 0.1) is 11.8 Å². The van der Waals surface area contributed by atoms with Gasteiger partial charge < -0.3 is 42.3 Å². The highest BCUT2D eigenvalue weighted by molar-refractivity contribution is 5.95. The van der Waals surface area contributed by atoms with Crippen LogP contribution in [0.15, 0.2) is 30.3 Å². The second kappa shape index (κ2) is 19.0. The van der Waals surface area contributed by atoms with Gasteiger partial charge in [0.2, 0.25) is 23.6 Å². The third kappa shape index (κ3) is 14.7. The van der Waals surface area contributed by atoms with Gasteiger partial charge in [-0.25, -0.2) is 4.79 Å². The Morgan fingerprint density at radius 1 is 0.667 bits per heavy atom. The van der Waals surface area contributed by atoms with Crippen molar-refractivity contribution in [3.8, 4) is 0 Å². The Morgan fingerprint density at radius 2 is 1.11 bits per heavy atom. The van der Waals surface area contributed by atoms with Gasteiger partial charge in [-0.2, -0.15) is 0 Å². The van der Waals surface area contributed by atoms with Crippen LogP contribution in [-0.2, 0) is 40.0 Å². The minimum atomic E-state index is -1.51. The maximum atomic E-state index is 13.4. The van der Waals surface area contributed by atoms with E-state index in [1.54, 1.807) is 52.0 Å². The zero-order chi connectivity index (χ0) is 34.3. The van der Waals surface area contributed by atoms with Crippen molar-refractivity contribution in [3.63, 3.8) is 0 Å². The first-order valence-electron chi connectivity index (χ1n) is 14.7. The lowest BCUT2D eigenvalue weighted by Gasteiger charge is -2.27. The zero-order valence-electron chi connectivity index (χ0n) is 25.9. The van der Waals surface area contributed by atoms with Crippen LogP contribution in [0.3, 0.4) is 0 Å². The molecule has 1 aromatic rings. The highest BCUT2D eigenvalue weighted by Gasteiger charge is 2.33. The topological polar surface area (TPSA) is 254 Å². The number of aliphatic carboxylic acids is 3. The molecule has 15 nitrogen and oxygen atoms in total. The predicted octanol–water partition coefficient (Wildman–Crippen LogP) is 0.0119. The summed E-state index contributed by atoms with van der Waals surface area (Å²) in [5.74, 6) is -7.91. The number of hydrogen-bond acceptors (Lipinski definition) is 8. The first-order valence-corrected chi connectivity index (χ1v) is 14.7. The molecule has 0 aliphatic heterocycles. The molecule has 9 N–H and O–H groups in total. The summed E-state index contributed by atoms with van der Waals surface area (Å²) in [5.41, 5.74) is 6.88. The molecule has 0 fully saturated rings. The second-order valence-corrected chi connectivity index (χ2v) is 11.5. The molecule has 4 amide bonds. The van der Waals surface area contributed by atoms with Crippen molar-refractivity contribution < 1.29 is 48.9 Å². The summed E-state index contributed by atoms with van der Waals surface area (Å²) in [5, 5.41) is 37.4. The Balaban J connectivity index is 3.16. The maximum Gasteiger partial charge on any atom is 0.326 e. The first-order chi connectivity index (χ1) is 21.0. The standard InChI is InChI=1S/C30H45N5O10/c1-16(2)14-22(34-26(40)19(31)15-18-8-6-5-7-9-18)29(43)33-20(10-12-23(36)37)27(41)32-21(11-13-24(38)39)28(42)35-25(17(3)4)30(44)45/h5-9,16-17,19-22,25H,10-15,31H2,1-4H3,(H,32,41)(H,33,43)(H,34,40)(H,35,42)(H,36,37)(H,38,39)(H,44,45). The number of hydrogen-bond donors (Lipinski definition) is 8. The van der Waals surface area contributed by atoms with Crippen LogP contribution in [0.2, 0.25) is 0 Å². The largest absolute Gasteiger partial charge is 0.481 e. The molecular weight excluding hydrogens is 590 g/mol. The Bertz CT molecular complexity index is 1190. The molecule has 0 aromatic heterocycles. The van der Waals surface area contributed by atoms with Crippen molar-refractivity contribution in [1.29, 1.82) is 0 Å². The molecule has 1 rings (SSSR count). The quantitative estimate of drug-likeness (QED) is 0.0947. The van der Waals surface area contributed by atoms with Crippen LogP contribution in [0.25, 0.3) is 0 Å². The van der Waals surface area contributed by atoms with Gasteiger partial charge in [0, 0.05) is 12.8 Å². The number of benzene rings is 1. The highest BCUT2D eigenvalue weighted by Crippen LogP contribution is 2.10. The van der Waals surface area contributed by atoms with E-state index in [4.69, 9.17) is 10.8 Å². The molecule has 0 aliphatic carbocycles. The summed E-state index contributed by atoms with van der Waals surface area (Å²) >= 11 is 0. The van der Waals surface area contributed by atoms with Crippen LogP contribution >= 0.6 is 0 Å². The van der Waals surface area contributed by atoms with E-state index in [0.29, 0.717) is 0 Å². The smallest absolute Gasteiger partial charge is 0.326 e. The molecule has 45 heavy (non-hydrogen) atoms. The molecule has 0 radical (unpaired) electrons. The van der Waals surface area contributed by atoms with Crippen LogP contribution in [0.5, 0.6) is 0 Å². The SMILES string of the molecule is CC(C)CC(NC(=O)C(N)Cc1ccccc1)C(=O)NC(CCC(=O)O)C(=O)NC(CCC(=O)O)C(=O)NC(C(=O)O)C(C)C. The van der Waals surface area contributed by atoms with E-state index in [1.807, 2.05) is 6.07 Å². The van der Waals surface area contributed by atoms with Gasteiger partial charge in [-0.1, -0.05) is 58.0 Å². The third-order valence-electron chi connectivity index (χ3n) is 6.77. The van der Waals surface area contributed by atoms with Crippen molar-refractivity contribution in [2.45, 2.75) is 96.4 Å². The molecule has 0 saturated heterocycles. The van der Waals surface area contributed by atoms with Crippen LogP contribution in [-0.4, -0.2) is 87.1 Å². The molecule has 250 valence electrons. The Kier molecular flexibility index (Phi) is 16.2. The van der Waals surface area contributed by atoms with Gasteiger partial charge in [-0.05, 0) is 43.1 Å². The number of carbonyl (C=O) groups excluding carboxylic acids is 4. The van der Waals surface area contributed by atoms with Crippen LogP contribution < -0.4 is 27.0 Å². The fraction of sp³-hybridized carbons (Fsp3) is 0.567. The van der Waals surface area contributed by atoms with Crippen molar-refractivity contribution >= 4 is 41.5 Å². The molecule has 5 atom stereocenters. The van der Waals surface area contributed by atoms with Crippen molar-refractivity contribution in [1.82, 2.24) is 21.3 Å². The van der Waals surface area contributed by atoms with E-state index in [-0.39, 0.29) is 18.8 Å². The number of carboxylic acids is 3. The van der Waals surface area contributed by atoms with E-state index in [9.17, 15) is 43.8 Å². The van der Waals surface area contributed by atoms with Crippen molar-refractivity contribution in [2.75, 3.05) is 0 Å². The van der Waals surface area contributed by atoms with Gasteiger partial charge in [0.25, 0.3) is 0 Å². The van der Waals surface area contributed by atoms with Crippen molar-refractivity contribution in [3.05, 3.63) is 35.9 Å². The molecule has 0 saturated carbocycles. The van der Waals surface area contributed by atoms with Crippen LogP contribution in [0.1, 0.15) is 65.4 Å². The number of carboxylic acid groups (broad SMARTS) is 3. The summed E-state index contributed by atoms with van der Waals surface area (Å²) in [6, 6.07) is 2.51. The molecule has 5 unspecified atom stereocenters. The minimum Gasteiger partial charge on any atom is -0.481 e. The monoisotopic (exact) mass is 635 g/mol. The minimum absolute atomic E-state index is 0.0927. The number of nitrogens with one attached hydrogen (secondary N) is 4. The summed E-state index contributed by atoms with van der Waals surface area (Å²) < 4.78 is 0. The average Bonchev–Trinajstić information content (AvgIpc) is 2.94. The summed E-state index contributed by atoms with van der Waals surface area (Å²) in [6.07, 6.45) is -1.58. The number of carbonyl (C=O) groups is 7. The lowest BCUT2D eigenvalue weighted by atomic mass is 10.0. The van der Waals surface area contributed by atoms with E-state index in [1.165, 1.54) is 0 Å². The number of rotatable bonds is 20. The lowest BCUT2D eigenvalue weighted by molar-refractivity contribution is -0.144. The average molecular weight is 636 g/mol. The zero-order valence-corrected chi connectivity index (χ0v) is 25.9. The molecule has 15 heteroatoms. The van der Waals surface area contributed by atoms with Gasteiger partial charge in [-0.3, -0.25) is 28.8 Å². The predicted molar refractivity (Wildman–Crippen MR) is 162 cm³/mol. The Labute approximate surface area is 261 Å². The normalized spacial score (nSPS) is 14.4. The number of nitrogens with two attached hydrogens (primary N) is 1. The van der Waals surface area contributed by atoms with Crippen LogP contribution in [0.4, 0.5) is 0 Å². The molecule has 0 bridgehead atoms. The molecule has 0 heterocycles. The first kappa shape index (κ1) is 38.5. The van der Waals surface area contributed by atoms with E-state index in [2.05, 4.69) is 21.3 Å². The maximum absolute atomic E-state index is 13.4. The van der Waals surface area contributed by atoms with E-state index >= 15 is 0 Å². The molecule has 1 aromatic carbocycles. The summed E-state index contributed by atoms with van der Waals surface area (Å²) in [6.45, 7) is 6.70. The summed E-state index contributed by atoms with van der Waals surface area (Å²) in [7, 11) is 0. The van der Waals surface area contributed by atoms with Crippen molar-refractivity contribution in [2.24, 2.45) is 17.6 Å². The Morgan fingerprint density at radius 3 is 1.53 bits per heavy atom. The lowest BCUT2D eigenvalue weighted by Crippen LogP contribution is -2.59. The van der Waals surface area contributed by atoms with E-state index in [0.717, 1.165) is 5.56 Å². The molecule has 0 aliphatic rings. The van der Waals surface area contributed by atoms with E-state index < -0.39 is 103 Å². The van der Waals surface area contributed by atoms with Gasteiger partial charge in [0.15, 0.2) is 0 Å². The molecule has 0 spiro atoms. The summed E-state index contributed by atoms with van der Waals surface area (Å²) in [4.78, 5) is 86.6. The number of amides is 4. The second-order valence-electron chi connectivity index (χ2n) is 11.5. The Hall–Kier alpha value is -4.53. The fourth-order valence-electron chi connectivity index (χ4n) is 4.33. The highest BCUT2D eigenvalue weighted by atomic mass is 16.4. The van der Waals surface area contributed by atoms with Gasteiger partial charge in [0.1, 0.15) is 24.2 Å². The van der Waals surface area contributed by atoms with Gasteiger partial charge in [-0.15, -0.1) is 0 Å². The van der Waals surface area contributed by atoms with Gasteiger partial charge >= 0.3 is 17.9 Å².